The minimum absolute atomic E-state index is 0.0552. The van der Waals surface area contributed by atoms with Gasteiger partial charge in [0.2, 0.25) is 0 Å². The summed E-state index contributed by atoms with van der Waals surface area (Å²) in [4.78, 5) is 16.1. The summed E-state index contributed by atoms with van der Waals surface area (Å²) >= 11 is 6.08. The average Bonchev–Trinajstić information content (AvgIpc) is 3.30. The maximum absolute atomic E-state index is 13.3. The Balaban J connectivity index is 1.59. The minimum atomic E-state index is -3.12. The molecule has 0 unspecified atom stereocenters. The molecule has 1 aromatic carbocycles. The van der Waals surface area contributed by atoms with Gasteiger partial charge in [-0.2, -0.15) is 10.2 Å². The van der Waals surface area contributed by atoms with E-state index in [1.165, 1.54) is 29.1 Å². The molecule has 0 saturated heterocycles. The maximum atomic E-state index is 13.3. The predicted octanol–water partition coefficient (Wildman–Crippen LogP) is 4.89. The lowest BCUT2D eigenvalue weighted by molar-refractivity contribution is 0.102. The molecule has 0 radical (unpaired) electrons. The van der Waals surface area contributed by atoms with Gasteiger partial charge in [-0.25, -0.2) is 31.5 Å². The van der Waals surface area contributed by atoms with Crippen LogP contribution in [0.25, 0.3) is 5.65 Å². The first-order valence-corrected chi connectivity index (χ1v) is 9.34. The van der Waals surface area contributed by atoms with E-state index in [0.29, 0.717) is 16.1 Å². The van der Waals surface area contributed by atoms with Crippen LogP contribution >= 0.6 is 11.6 Å². The van der Waals surface area contributed by atoms with Crippen LogP contribution in [0.15, 0.2) is 42.6 Å². The Kier molecular flexibility index (Phi) is 5.78. The maximum Gasteiger partial charge on any atom is 0.280 e. The third-order valence-corrected chi connectivity index (χ3v) is 4.61. The summed E-state index contributed by atoms with van der Waals surface area (Å²) in [6.45, 7) is 0.166. The molecule has 4 rings (SSSR count). The Hall–Kier alpha value is -3.54. The van der Waals surface area contributed by atoms with Crippen LogP contribution in [0.1, 0.15) is 40.3 Å². The molecule has 0 bridgehead atoms. The van der Waals surface area contributed by atoms with E-state index in [0.717, 1.165) is 6.07 Å². The fraction of sp³-hybridized carbons (Fsp3) is 0.158. The highest BCUT2D eigenvalue weighted by Gasteiger charge is 2.23. The summed E-state index contributed by atoms with van der Waals surface area (Å²) in [5.74, 6) is -1.35. The van der Waals surface area contributed by atoms with Gasteiger partial charge in [0.05, 0.1) is 6.54 Å². The number of hydrogen-bond donors (Lipinski definition) is 1. The lowest BCUT2D eigenvalue weighted by atomic mass is 10.2. The highest BCUT2D eigenvalue weighted by Crippen LogP contribution is 2.26. The molecule has 4 aromatic rings. The zero-order valence-electron chi connectivity index (χ0n) is 15.8. The van der Waals surface area contributed by atoms with Gasteiger partial charge in [-0.1, -0.05) is 23.7 Å². The zero-order valence-corrected chi connectivity index (χ0v) is 16.6. The van der Waals surface area contributed by atoms with E-state index >= 15 is 0 Å². The molecule has 1 amide bonds. The second kappa shape index (κ2) is 8.54. The van der Waals surface area contributed by atoms with Crippen LogP contribution in [-0.4, -0.2) is 30.3 Å². The van der Waals surface area contributed by atoms with Crippen LogP contribution in [0.2, 0.25) is 5.02 Å². The summed E-state index contributed by atoms with van der Waals surface area (Å²) in [5.41, 5.74) is -1.80. The highest BCUT2D eigenvalue weighted by atomic mass is 35.5. The number of hydrogen-bond acceptors (Lipinski definition) is 4. The number of fused-ring (bicyclic) bond motifs is 1. The molecular formula is C19H12ClF5N6O. The molecule has 13 heteroatoms. The van der Waals surface area contributed by atoms with Crippen molar-refractivity contribution in [2.45, 2.75) is 19.4 Å². The van der Waals surface area contributed by atoms with Crippen LogP contribution in [0, 0.1) is 5.82 Å². The normalized spacial score (nSPS) is 11.6. The van der Waals surface area contributed by atoms with Crippen LogP contribution in [0.4, 0.5) is 27.8 Å². The van der Waals surface area contributed by atoms with Crippen molar-refractivity contribution < 1.29 is 26.7 Å². The number of nitrogens with one attached hydrogen (secondary N) is 1. The van der Waals surface area contributed by atoms with E-state index in [9.17, 15) is 26.7 Å². The number of benzene rings is 1. The molecule has 0 fully saturated rings. The first-order valence-electron chi connectivity index (χ1n) is 8.97. The molecule has 7 nitrogen and oxygen atoms in total. The molecule has 0 spiro atoms. The second-order valence-corrected chi connectivity index (χ2v) is 7.02. The number of amides is 1. The monoisotopic (exact) mass is 470 g/mol. The number of alkyl halides is 4. The Morgan fingerprint density at radius 3 is 2.56 bits per heavy atom. The Morgan fingerprint density at radius 1 is 1.09 bits per heavy atom. The molecule has 3 heterocycles. The molecule has 0 aliphatic carbocycles. The lowest BCUT2D eigenvalue weighted by Gasteiger charge is -2.06. The molecule has 1 N–H and O–H groups in total. The third kappa shape index (κ3) is 4.40. The molecular weight excluding hydrogens is 459 g/mol. The Labute approximate surface area is 181 Å². The molecule has 3 aromatic heterocycles. The van der Waals surface area contributed by atoms with E-state index in [2.05, 4.69) is 20.5 Å². The summed E-state index contributed by atoms with van der Waals surface area (Å²) in [5, 5.41) is 10.3. The quantitative estimate of drug-likeness (QED) is 0.407. The first kappa shape index (κ1) is 21.7. The van der Waals surface area contributed by atoms with Crippen LogP contribution in [0.5, 0.6) is 0 Å². The second-order valence-electron chi connectivity index (χ2n) is 6.61. The first-order chi connectivity index (χ1) is 15.2. The summed E-state index contributed by atoms with van der Waals surface area (Å²) in [6.07, 6.45) is -4.80. The minimum Gasteiger partial charge on any atom is -0.302 e. The van der Waals surface area contributed by atoms with Gasteiger partial charge in [-0.3, -0.25) is 9.48 Å². The molecule has 32 heavy (non-hydrogen) atoms. The van der Waals surface area contributed by atoms with Gasteiger partial charge in [0.15, 0.2) is 17.2 Å². The number of nitrogens with zero attached hydrogens (tertiary/aromatic N) is 5. The fourth-order valence-electron chi connectivity index (χ4n) is 2.95. The number of rotatable bonds is 6. The van der Waals surface area contributed by atoms with Crippen LogP contribution in [-0.2, 0) is 6.54 Å². The van der Waals surface area contributed by atoms with E-state index < -0.39 is 36.0 Å². The Bertz CT molecular complexity index is 1300. The average molecular weight is 471 g/mol. The Morgan fingerprint density at radius 2 is 1.88 bits per heavy atom. The van der Waals surface area contributed by atoms with E-state index in [4.69, 9.17) is 11.6 Å². The SMILES string of the molecule is O=C(Nc1nn(Cc2cccc(F)c2)cc1Cl)c1cc2nc(C(F)F)cc(C(F)F)n2n1. The van der Waals surface area contributed by atoms with Crippen molar-refractivity contribution in [3.05, 3.63) is 76.1 Å². The van der Waals surface area contributed by atoms with E-state index in [-0.39, 0.29) is 28.7 Å². The van der Waals surface area contributed by atoms with Gasteiger partial charge in [-0.15, -0.1) is 0 Å². The standard InChI is InChI=1S/C19H12ClF5N6O/c20-11-8-30(7-9-2-1-3-10(21)4-9)29-18(11)27-19(32)13-6-15-26-12(16(22)23)5-14(17(24)25)31(15)28-13/h1-6,8,16-17H,7H2,(H,27,29,32). The molecule has 0 aliphatic heterocycles. The predicted molar refractivity (Wildman–Crippen MR) is 104 cm³/mol. The largest absolute Gasteiger partial charge is 0.302 e. The summed E-state index contributed by atoms with van der Waals surface area (Å²) in [6, 6.07) is 7.33. The highest BCUT2D eigenvalue weighted by molar-refractivity contribution is 6.33. The smallest absolute Gasteiger partial charge is 0.280 e. The van der Waals surface area contributed by atoms with Gasteiger partial charge in [-0.05, 0) is 23.8 Å². The van der Waals surface area contributed by atoms with E-state index in [1.807, 2.05) is 0 Å². The third-order valence-electron chi connectivity index (χ3n) is 4.34. The lowest BCUT2D eigenvalue weighted by Crippen LogP contribution is -2.14. The number of carbonyl (C=O) groups is 1. The zero-order chi connectivity index (χ0) is 23.0. The van der Waals surface area contributed by atoms with Crippen molar-refractivity contribution in [2.75, 3.05) is 5.32 Å². The number of aromatic nitrogens is 5. The number of anilines is 1. The molecule has 166 valence electrons. The number of halogens is 6. The summed E-state index contributed by atoms with van der Waals surface area (Å²) in [7, 11) is 0. The van der Waals surface area contributed by atoms with Gasteiger partial charge >= 0.3 is 0 Å². The molecule has 0 atom stereocenters. The topological polar surface area (TPSA) is 77.1 Å². The van der Waals surface area contributed by atoms with Crippen molar-refractivity contribution in [2.24, 2.45) is 0 Å². The van der Waals surface area contributed by atoms with Crippen LogP contribution < -0.4 is 5.32 Å². The van der Waals surface area contributed by atoms with Gasteiger partial charge < -0.3 is 5.32 Å². The van der Waals surface area contributed by atoms with Crippen molar-refractivity contribution in [3.8, 4) is 0 Å². The van der Waals surface area contributed by atoms with E-state index in [1.54, 1.807) is 6.07 Å². The van der Waals surface area contributed by atoms with Gasteiger partial charge in [0, 0.05) is 12.3 Å². The van der Waals surface area contributed by atoms with Crippen molar-refractivity contribution in [1.82, 2.24) is 24.4 Å². The van der Waals surface area contributed by atoms with Gasteiger partial charge in [0.1, 0.15) is 22.2 Å². The molecule has 0 aliphatic rings. The van der Waals surface area contributed by atoms with Crippen molar-refractivity contribution >= 4 is 29.0 Å². The number of carbonyl (C=O) groups excluding carboxylic acids is 1. The van der Waals surface area contributed by atoms with Crippen molar-refractivity contribution in [1.29, 1.82) is 0 Å². The molecule has 0 saturated carbocycles. The van der Waals surface area contributed by atoms with Crippen molar-refractivity contribution in [3.63, 3.8) is 0 Å². The summed E-state index contributed by atoms with van der Waals surface area (Å²) < 4.78 is 67.8. The fourth-order valence-corrected chi connectivity index (χ4v) is 3.15. The van der Waals surface area contributed by atoms with Gasteiger partial charge in [0.25, 0.3) is 18.8 Å². The van der Waals surface area contributed by atoms with Crippen LogP contribution in [0.3, 0.4) is 0 Å².